The van der Waals surface area contributed by atoms with E-state index in [2.05, 4.69) is 10.2 Å². The van der Waals surface area contributed by atoms with Gasteiger partial charge in [-0.2, -0.15) is 0 Å². The normalized spacial score (nSPS) is 24.9. The maximum atomic E-state index is 10.8. The zero-order chi connectivity index (χ0) is 10.6. The summed E-state index contributed by atoms with van der Waals surface area (Å²) in [6.07, 6.45) is 1.03. The molecule has 1 aliphatic heterocycles. The number of nitrogens with zero attached hydrogens (tertiary/aromatic N) is 1. The highest BCUT2D eigenvalue weighted by Crippen LogP contribution is 2.11. The summed E-state index contributed by atoms with van der Waals surface area (Å²) in [5.41, 5.74) is 0. The monoisotopic (exact) mass is 200 g/mol. The van der Waals surface area contributed by atoms with Gasteiger partial charge in [-0.3, -0.25) is 4.79 Å². The first kappa shape index (κ1) is 11.5. The highest BCUT2D eigenvalue weighted by Gasteiger charge is 2.23. The largest absolute Gasteiger partial charge is 0.396 e. The van der Waals surface area contributed by atoms with Crippen LogP contribution in [0.1, 0.15) is 20.3 Å². The van der Waals surface area contributed by atoms with E-state index < -0.39 is 0 Å². The van der Waals surface area contributed by atoms with Crippen LogP contribution in [0.2, 0.25) is 0 Å². The van der Waals surface area contributed by atoms with E-state index in [0.29, 0.717) is 12.0 Å². The highest BCUT2D eigenvalue weighted by atomic mass is 16.3. The van der Waals surface area contributed by atoms with Crippen LogP contribution in [0.25, 0.3) is 0 Å². The molecule has 2 unspecified atom stereocenters. The zero-order valence-corrected chi connectivity index (χ0v) is 8.99. The molecule has 0 spiro atoms. The molecule has 1 fully saturated rings. The van der Waals surface area contributed by atoms with Crippen LogP contribution in [0, 0.1) is 5.92 Å². The molecule has 1 heterocycles. The quantitative estimate of drug-likeness (QED) is 0.662. The molecule has 1 aliphatic rings. The number of aliphatic hydroxyl groups is 1. The van der Waals surface area contributed by atoms with Gasteiger partial charge in [0.25, 0.3) is 0 Å². The lowest BCUT2D eigenvalue weighted by Gasteiger charge is -2.19. The average Bonchev–Trinajstić information content (AvgIpc) is 2.51. The molecule has 0 aromatic rings. The van der Waals surface area contributed by atoms with E-state index in [1.165, 1.54) is 0 Å². The van der Waals surface area contributed by atoms with E-state index in [4.69, 9.17) is 5.11 Å². The van der Waals surface area contributed by atoms with Crippen LogP contribution in [0.4, 0.5) is 0 Å². The summed E-state index contributed by atoms with van der Waals surface area (Å²) in [7, 11) is 0. The summed E-state index contributed by atoms with van der Waals surface area (Å²) in [4.78, 5) is 13.1. The second kappa shape index (κ2) is 5.32. The first-order valence-electron chi connectivity index (χ1n) is 5.22. The van der Waals surface area contributed by atoms with Crippen molar-refractivity contribution in [3.8, 4) is 0 Å². The SMILES string of the molecule is CC(=O)NC1CCN(CC(C)CO)C1. The molecule has 4 nitrogen and oxygen atoms in total. The third-order valence-electron chi connectivity index (χ3n) is 2.56. The number of carbonyl (C=O) groups is 1. The molecule has 2 atom stereocenters. The Morgan fingerprint density at radius 3 is 3.00 bits per heavy atom. The predicted molar refractivity (Wildman–Crippen MR) is 54.9 cm³/mol. The lowest BCUT2D eigenvalue weighted by Crippen LogP contribution is -2.36. The smallest absolute Gasteiger partial charge is 0.217 e. The van der Waals surface area contributed by atoms with Gasteiger partial charge in [0.2, 0.25) is 5.91 Å². The van der Waals surface area contributed by atoms with Gasteiger partial charge in [-0.1, -0.05) is 6.92 Å². The summed E-state index contributed by atoms with van der Waals surface area (Å²) in [5, 5.41) is 11.8. The van der Waals surface area contributed by atoms with Gasteiger partial charge in [-0.05, 0) is 12.3 Å². The fraction of sp³-hybridized carbons (Fsp3) is 0.900. The lowest BCUT2D eigenvalue weighted by molar-refractivity contribution is -0.119. The Kier molecular flexibility index (Phi) is 4.35. The van der Waals surface area contributed by atoms with Crippen molar-refractivity contribution < 1.29 is 9.90 Å². The van der Waals surface area contributed by atoms with E-state index in [9.17, 15) is 4.79 Å². The van der Waals surface area contributed by atoms with E-state index in [1.807, 2.05) is 6.92 Å². The van der Waals surface area contributed by atoms with Gasteiger partial charge in [0.15, 0.2) is 0 Å². The molecule has 0 bridgehead atoms. The first-order valence-corrected chi connectivity index (χ1v) is 5.22. The van der Waals surface area contributed by atoms with Crippen LogP contribution < -0.4 is 5.32 Å². The lowest BCUT2D eigenvalue weighted by atomic mass is 10.2. The number of likely N-dealkylation sites (tertiary alicyclic amines) is 1. The summed E-state index contributed by atoms with van der Waals surface area (Å²) in [5.74, 6) is 0.373. The van der Waals surface area contributed by atoms with E-state index in [-0.39, 0.29) is 12.5 Å². The minimum absolute atomic E-state index is 0.0482. The molecule has 0 radical (unpaired) electrons. The third kappa shape index (κ3) is 3.64. The highest BCUT2D eigenvalue weighted by molar-refractivity contribution is 5.73. The molecule has 0 saturated carbocycles. The molecule has 0 aliphatic carbocycles. The summed E-state index contributed by atoms with van der Waals surface area (Å²) >= 11 is 0. The van der Waals surface area contributed by atoms with Crippen molar-refractivity contribution in [3.05, 3.63) is 0 Å². The minimum atomic E-state index is 0.0482. The fourth-order valence-corrected chi connectivity index (χ4v) is 1.90. The Hall–Kier alpha value is -0.610. The van der Waals surface area contributed by atoms with Crippen molar-refractivity contribution in [2.45, 2.75) is 26.3 Å². The Labute approximate surface area is 85.3 Å². The molecule has 1 rings (SSSR count). The van der Waals surface area contributed by atoms with Crippen LogP contribution in [0.3, 0.4) is 0 Å². The molecular formula is C10H20N2O2. The minimum Gasteiger partial charge on any atom is -0.396 e. The van der Waals surface area contributed by atoms with Gasteiger partial charge in [-0.15, -0.1) is 0 Å². The van der Waals surface area contributed by atoms with Crippen LogP contribution in [-0.4, -0.2) is 48.2 Å². The molecule has 4 heteroatoms. The molecule has 1 amide bonds. The molecule has 1 saturated heterocycles. The third-order valence-corrected chi connectivity index (χ3v) is 2.56. The van der Waals surface area contributed by atoms with E-state index >= 15 is 0 Å². The zero-order valence-electron chi connectivity index (χ0n) is 8.99. The Morgan fingerprint density at radius 2 is 2.43 bits per heavy atom. The molecule has 14 heavy (non-hydrogen) atoms. The summed E-state index contributed by atoms with van der Waals surface area (Å²) < 4.78 is 0. The summed E-state index contributed by atoms with van der Waals surface area (Å²) in [6, 6.07) is 0.304. The van der Waals surface area contributed by atoms with Crippen LogP contribution in [0.5, 0.6) is 0 Å². The van der Waals surface area contributed by atoms with Crippen molar-refractivity contribution in [2.24, 2.45) is 5.92 Å². The van der Waals surface area contributed by atoms with Crippen molar-refractivity contribution in [1.82, 2.24) is 10.2 Å². The van der Waals surface area contributed by atoms with E-state index in [1.54, 1.807) is 6.92 Å². The number of hydrogen-bond donors (Lipinski definition) is 2. The molecule has 2 N–H and O–H groups in total. The maximum Gasteiger partial charge on any atom is 0.217 e. The Bertz CT molecular complexity index is 197. The van der Waals surface area contributed by atoms with Crippen molar-refractivity contribution >= 4 is 5.91 Å². The van der Waals surface area contributed by atoms with Crippen LogP contribution in [0.15, 0.2) is 0 Å². The maximum absolute atomic E-state index is 10.8. The molecular weight excluding hydrogens is 180 g/mol. The van der Waals surface area contributed by atoms with Gasteiger partial charge in [0, 0.05) is 39.2 Å². The number of hydrogen-bond acceptors (Lipinski definition) is 3. The first-order chi connectivity index (χ1) is 6.61. The van der Waals surface area contributed by atoms with E-state index in [0.717, 1.165) is 26.1 Å². The molecule has 0 aromatic carbocycles. The van der Waals surface area contributed by atoms with Crippen LogP contribution in [-0.2, 0) is 4.79 Å². The standard InChI is InChI=1S/C10H20N2O2/c1-8(7-13)5-12-4-3-10(6-12)11-9(2)14/h8,10,13H,3-7H2,1-2H3,(H,11,14). The number of aliphatic hydroxyl groups excluding tert-OH is 1. The van der Waals surface area contributed by atoms with Gasteiger partial charge in [0.05, 0.1) is 0 Å². The molecule has 82 valence electrons. The topological polar surface area (TPSA) is 52.6 Å². The second-order valence-corrected chi connectivity index (χ2v) is 4.23. The van der Waals surface area contributed by atoms with Crippen LogP contribution >= 0.6 is 0 Å². The van der Waals surface area contributed by atoms with Crippen molar-refractivity contribution in [1.29, 1.82) is 0 Å². The van der Waals surface area contributed by atoms with Gasteiger partial charge < -0.3 is 15.3 Å². The number of nitrogens with one attached hydrogen (secondary N) is 1. The summed E-state index contributed by atoms with van der Waals surface area (Å²) in [6.45, 7) is 6.69. The Morgan fingerprint density at radius 1 is 1.71 bits per heavy atom. The van der Waals surface area contributed by atoms with Gasteiger partial charge >= 0.3 is 0 Å². The number of amides is 1. The fourth-order valence-electron chi connectivity index (χ4n) is 1.90. The second-order valence-electron chi connectivity index (χ2n) is 4.23. The molecule has 0 aromatic heterocycles. The van der Waals surface area contributed by atoms with Gasteiger partial charge in [0.1, 0.15) is 0 Å². The number of rotatable bonds is 4. The van der Waals surface area contributed by atoms with Crippen molar-refractivity contribution in [2.75, 3.05) is 26.2 Å². The average molecular weight is 200 g/mol. The van der Waals surface area contributed by atoms with Gasteiger partial charge in [-0.25, -0.2) is 0 Å². The predicted octanol–water partition coefficient (Wildman–Crippen LogP) is -0.175. The Balaban J connectivity index is 2.23. The number of carbonyl (C=O) groups excluding carboxylic acids is 1. The van der Waals surface area contributed by atoms with Crippen molar-refractivity contribution in [3.63, 3.8) is 0 Å².